The zero-order chi connectivity index (χ0) is 15.5. The lowest BCUT2D eigenvalue weighted by molar-refractivity contribution is 0.0666. The molecule has 0 aliphatic carbocycles. The Morgan fingerprint density at radius 1 is 1.57 bits per heavy atom. The number of ether oxygens (including phenoxy) is 1. The third-order valence-corrected chi connectivity index (χ3v) is 3.50. The normalized spacial score (nSPS) is 18.5. The fourth-order valence-corrected chi connectivity index (χ4v) is 2.52. The van der Waals surface area contributed by atoms with Crippen molar-refractivity contribution in [2.24, 2.45) is 0 Å². The van der Waals surface area contributed by atoms with Crippen LogP contribution in [0.25, 0.3) is 0 Å². The second-order valence-electron chi connectivity index (χ2n) is 4.49. The largest absolute Gasteiger partial charge is 0.488 e. The number of rotatable bonds is 5. The van der Waals surface area contributed by atoms with Gasteiger partial charge in [0.25, 0.3) is 5.91 Å². The van der Waals surface area contributed by atoms with Gasteiger partial charge in [0.15, 0.2) is 5.75 Å². The minimum absolute atomic E-state index is 0.0306. The van der Waals surface area contributed by atoms with E-state index in [0.717, 1.165) is 18.7 Å². The zero-order valence-electron chi connectivity index (χ0n) is 11.4. The molecule has 1 fully saturated rings. The first-order chi connectivity index (χ1) is 9.90. The Morgan fingerprint density at radius 2 is 2.33 bits per heavy atom. The van der Waals surface area contributed by atoms with Crippen LogP contribution in [0.4, 0.5) is 3.89 Å². The van der Waals surface area contributed by atoms with Crippen molar-refractivity contribution in [2.75, 3.05) is 19.8 Å². The number of aromatic nitrogens is 1. The van der Waals surface area contributed by atoms with Crippen LogP contribution in [0.2, 0.25) is 0 Å². The first kappa shape index (κ1) is 15.6. The van der Waals surface area contributed by atoms with Gasteiger partial charge in [0.1, 0.15) is 0 Å². The van der Waals surface area contributed by atoms with Gasteiger partial charge in [-0.05, 0) is 19.4 Å². The molecule has 0 N–H and O–H groups in total. The molecule has 116 valence electrons. The molecule has 2 heterocycles. The Balaban J connectivity index is 2.19. The van der Waals surface area contributed by atoms with Crippen LogP contribution in [0.3, 0.4) is 0 Å². The molecule has 1 aliphatic heterocycles. The second-order valence-corrected chi connectivity index (χ2v) is 5.45. The number of hydrogen-bond donors (Lipinski definition) is 0. The summed E-state index contributed by atoms with van der Waals surface area (Å²) in [4.78, 5) is 17.7. The number of amides is 1. The summed E-state index contributed by atoms with van der Waals surface area (Å²) in [6.45, 7) is 3.35. The highest BCUT2D eigenvalue weighted by Gasteiger charge is 2.27. The van der Waals surface area contributed by atoms with Gasteiger partial charge in [-0.2, -0.15) is 8.42 Å². The summed E-state index contributed by atoms with van der Waals surface area (Å²) in [5.41, 5.74) is 0.130. The third kappa shape index (κ3) is 4.11. The Morgan fingerprint density at radius 3 is 2.90 bits per heavy atom. The average molecular weight is 318 g/mol. The fourth-order valence-electron chi connectivity index (χ4n) is 2.20. The van der Waals surface area contributed by atoms with E-state index in [-0.39, 0.29) is 23.3 Å². The summed E-state index contributed by atoms with van der Waals surface area (Å²) in [5, 5.41) is 0. The third-order valence-electron chi connectivity index (χ3n) is 3.10. The van der Waals surface area contributed by atoms with E-state index in [9.17, 15) is 17.1 Å². The molecule has 0 radical (unpaired) electrons. The number of halogens is 1. The number of nitrogens with zero attached hydrogens (tertiary/aromatic N) is 2. The Bertz CT molecular complexity index is 616. The topological polar surface area (TPSA) is 85.8 Å². The molecular formula is C12H15FN2O5S. The summed E-state index contributed by atoms with van der Waals surface area (Å²) in [6.07, 6.45) is 3.03. The van der Waals surface area contributed by atoms with Gasteiger partial charge in [-0.25, -0.2) is 0 Å². The van der Waals surface area contributed by atoms with Gasteiger partial charge in [0, 0.05) is 19.3 Å². The highest BCUT2D eigenvalue weighted by Crippen LogP contribution is 2.19. The van der Waals surface area contributed by atoms with Gasteiger partial charge in [-0.3, -0.25) is 9.78 Å². The van der Waals surface area contributed by atoms with Gasteiger partial charge >= 0.3 is 10.5 Å². The molecule has 21 heavy (non-hydrogen) atoms. The summed E-state index contributed by atoms with van der Waals surface area (Å²) >= 11 is 0. The van der Waals surface area contributed by atoms with E-state index in [0.29, 0.717) is 19.8 Å². The second kappa shape index (κ2) is 6.35. The summed E-state index contributed by atoms with van der Waals surface area (Å²) in [7, 11) is -5.15. The van der Waals surface area contributed by atoms with Crippen molar-refractivity contribution in [2.45, 2.75) is 19.4 Å². The van der Waals surface area contributed by atoms with E-state index in [2.05, 4.69) is 9.17 Å². The van der Waals surface area contributed by atoms with Gasteiger partial charge in [-0.1, -0.05) is 3.89 Å². The average Bonchev–Trinajstić information content (AvgIpc) is 2.91. The molecule has 0 saturated carbocycles. The van der Waals surface area contributed by atoms with Crippen molar-refractivity contribution in [3.63, 3.8) is 0 Å². The van der Waals surface area contributed by atoms with Gasteiger partial charge in [0.05, 0.1) is 24.4 Å². The lowest BCUT2D eigenvalue weighted by Crippen LogP contribution is -2.40. The van der Waals surface area contributed by atoms with Crippen LogP contribution in [0, 0.1) is 0 Å². The standard InChI is InChI=1S/C12H15FN2O5S/c1-2-15(10-3-4-19-8-10)12(16)9-5-11(7-14-6-9)20-21(13,17)18/h5-7,10H,2-4,8H2,1H3. The van der Waals surface area contributed by atoms with E-state index in [1.165, 1.54) is 6.20 Å². The first-order valence-electron chi connectivity index (χ1n) is 6.38. The Kier molecular flexibility index (Phi) is 4.73. The predicted octanol–water partition coefficient (Wildman–Crippen LogP) is 0.926. The molecule has 7 nitrogen and oxygen atoms in total. The lowest BCUT2D eigenvalue weighted by atomic mass is 10.1. The van der Waals surface area contributed by atoms with E-state index < -0.39 is 10.5 Å². The van der Waals surface area contributed by atoms with Crippen molar-refractivity contribution in [1.82, 2.24) is 9.88 Å². The van der Waals surface area contributed by atoms with Crippen molar-refractivity contribution in [1.29, 1.82) is 0 Å². The maximum atomic E-state index is 12.5. The molecule has 1 unspecified atom stereocenters. The SMILES string of the molecule is CCN(C(=O)c1cncc(OS(=O)(=O)F)c1)C1CCOC1. The maximum absolute atomic E-state index is 12.5. The Labute approximate surface area is 122 Å². The summed E-state index contributed by atoms with van der Waals surface area (Å²) in [5.74, 6) is -0.677. The molecular weight excluding hydrogens is 303 g/mol. The fraction of sp³-hybridized carbons (Fsp3) is 0.500. The van der Waals surface area contributed by atoms with Crippen molar-refractivity contribution < 1.29 is 26.0 Å². The van der Waals surface area contributed by atoms with Crippen LogP contribution in [-0.2, 0) is 15.2 Å². The molecule has 1 aliphatic rings. The van der Waals surface area contributed by atoms with Gasteiger partial charge < -0.3 is 13.8 Å². The van der Waals surface area contributed by atoms with E-state index >= 15 is 0 Å². The van der Waals surface area contributed by atoms with Crippen LogP contribution in [0.15, 0.2) is 18.5 Å². The minimum atomic E-state index is -5.15. The summed E-state index contributed by atoms with van der Waals surface area (Å²) in [6, 6.07) is 1.11. The van der Waals surface area contributed by atoms with E-state index in [4.69, 9.17) is 4.74 Å². The van der Waals surface area contributed by atoms with E-state index in [1.807, 2.05) is 6.92 Å². The number of likely N-dealkylation sites (N-methyl/N-ethyl adjacent to an activating group) is 1. The molecule has 0 aromatic carbocycles. The first-order valence-corrected chi connectivity index (χ1v) is 7.69. The van der Waals surface area contributed by atoms with E-state index in [1.54, 1.807) is 4.90 Å². The lowest BCUT2D eigenvalue weighted by Gasteiger charge is -2.26. The van der Waals surface area contributed by atoms with Crippen LogP contribution < -0.4 is 4.18 Å². The predicted molar refractivity (Wildman–Crippen MR) is 70.8 cm³/mol. The van der Waals surface area contributed by atoms with Gasteiger partial charge in [-0.15, -0.1) is 0 Å². The Hall–Kier alpha value is -1.74. The maximum Gasteiger partial charge on any atom is 0.488 e. The molecule has 0 spiro atoms. The van der Waals surface area contributed by atoms with Crippen LogP contribution in [-0.4, -0.2) is 50.0 Å². The minimum Gasteiger partial charge on any atom is -0.379 e. The van der Waals surface area contributed by atoms with Crippen molar-refractivity contribution in [3.05, 3.63) is 24.0 Å². The molecule has 1 atom stereocenters. The number of carbonyl (C=O) groups is 1. The molecule has 9 heteroatoms. The monoisotopic (exact) mass is 318 g/mol. The number of hydrogen-bond acceptors (Lipinski definition) is 6. The number of carbonyl (C=O) groups excluding carboxylic acids is 1. The zero-order valence-corrected chi connectivity index (χ0v) is 12.2. The quantitative estimate of drug-likeness (QED) is 0.751. The molecule has 1 aromatic heterocycles. The smallest absolute Gasteiger partial charge is 0.379 e. The molecule has 2 rings (SSSR count). The molecule has 1 amide bonds. The highest BCUT2D eigenvalue weighted by molar-refractivity contribution is 7.81. The van der Waals surface area contributed by atoms with Crippen molar-refractivity contribution >= 4 is 16.4 Å². The van der Waals surface area contributed by atoms with Crippen LogP contribution in [0.1, 0.15) is 23.7 Å². The molecule has 1 saturated heterocycles. The van der Waals surface area contributed by atoms with Crippen LogP contribution >= 0.6 is 0 Å². The molecule has 0 bridgehead atoms. The highest BCUT2D eigenvalue weighted by atomic mass is 32.3. The van der Waals surface area contributed by atoms with Crippen LogP contribution in [0.5, 0.6) is 5.75 Å². The molecule has 1 aromatic rings. The van der Waals surface area contributed by atoms with Crippen molar-refractivity contribution in [3.8, 4) is 5.75 Å². The van der Waals surface area contributed by atoms with Gasteiger partial charge in [0.2, 0.25) is 0 Å². The number of pyridine rings is 1. The summed E-state index contributed by atoms with van der Waals surface area (Å²) < 4.78 is 42.7.